The maximum atomic E-state index is 12.8. The van der Waals surface area contributed by atoms with E-state index in [0.29, 0.717) is 25.7 Å². The van der Waals surface area contributed by atoms with E-state index in [0.717, 1.165) is 25.7 Å². The van der Waals surface area contributed by atoms with Crippen LogP contribution in [0.5, 0.6) is 0 Å². The first-order valence-corrected chi connectivity index (χ1v) is 15.8. The van der Waals surface area contributed by atoms with Gasteiger partial charge in [0, 0.05) is 11.1 Å². The lowest BCUT2D eigenvalue weighted by molar-refractivity contribution is -0.159. The molecule has 0 bridgehead atoms. The molecular weight excluding hydrogens is 588 g/mol. The Labute approximate surface area is 267 Å². The maximum Gasteiger partial charge on any atom is 0.334 e. The van der Waals surface area contributed by atoms with Crippen molar-refractivity contribution in [2.24, 2.45) is 11.8 Å². The van der Waals surface area contributed by atoms with Crippen LogP contribution in [0.2, 0.25) is 0 Å². The first-order valence-electron chi connectivity index (χ1n) is 15.8. The molecule has 0 aliphatic rings. The van der Waals surface area contributed by atoms with Crippen LogP contribution in [0.1, 0.15) is 98.8 Å². The summed E-state index contributed by atoms with van der Waals surface area (Å²) in [6, 6.07) is 0. The van der Waals surface area contributed by atoms with E-state index < -0.39 is 73.2 Å². The number of hydrogen-bond acceptors (Lipinski definition) is 12. The molecule has 0 amide bonds. The highest BCUT2D eigenvalue weighted by Crippen LogP contribution is 2.21. The molecule has 0 saturated carbocycles. The van der Waals surface area contributed by atoms with Crippen molar-refractivity contribution in [3.63, 3.8) is 0 Å². The van der Waals surface area contributed by atoms with Crippen molar-refractivity contribution in [2.75, 3.05) is 33.0 Å². The normalized spacial score (nSPS) is 12.6. The van der Waals surface area contributed by atoms with Gasteiger partial charge >= 0.3 is 35.8 Å². The van der Waals surface area contributed by atoms with Gasteiger partial charge in [-0.3, -0.25) is 19.2 Å². The first kappa shape index (κ1) is 41.3. The summed E-state index contributed by atoms with van der Waals surface area (Å²) in [7, 11) is 0. The third-order valence-electron chi connectivity index (χ3n) is 6.44. The number of hydrogen-bond donors (Lipinski definition) is 0. The Morgan fingerprint density at radius 3 is 1.27 bits per heavy atom. The Hall–Kier alpha value is -3.70. The van der Waals surface area contributed by atoms with Crippen LogP contribution in [0, 0.1) is 11.8 Å². The molecule has 256 valence electrons. The lowest BCUT2D eigenvalue weighted by Crippen LogP contribution is -2.31. The molecule has 0 fully saturated rings. The Morgan fingerprint density at radius 1 is 0.533 bits per heavy atom. The minimum atomic E-state index is -1.32. The highest BCUT2D eigenvalue weighted by Gasteiger charge is 2.34. The fraction of sp³-hybridized carbons (Fsp3) is 0.697. The molecule has 45 heavy (non-hydrogen) atoms. The van der Waals surface area contributed by atoms with Gasteiger partial charge < -0.3 is 28.4 Å². The largest absolute Gasteiger partial charge is 0.466 e. The fourth-order valence-corrected chi connectivity index (χ4v) is 3.51. The second-order valence-corrected chi connectivity index (χ2v) is 10.6. The summed E-state index contributed by atoms with van der Waals surface area (Å²) in [6.07, 6.45) is 3.71. The Bertz CT molecular complexity index is 986. The molecule has 0 aromatic heterocycles. The molecule has 0 N–H and O–H groups in total. The number of carbonyl (C=O) groups excluding carboxylic acids is 6. The topological polar surface area (TPSA) is 158 Å². The summed E-state index contributed by atoms with van der Waals surface area (Å²) >= 11 is 0. The molecule has 0 aromatic rings. The highest BCUT2D eigenvalue weighted by atomic mass is 16.6. The number of unbranched alkanes of at least 4 members (excludes halogenated alkanes) is 4. The lowest BCUT2D eigenvalue weighted by atomic mass is 9.96. The zero-order valence-electron chi connectivity index (χ0n) is 27.7. The molecule has 0 aromatic carbocycles. The van der Waals surface area contributed by atoms with Gasteiger partial charge in [0.15, 0.2) is 0 Å². The third-order valence-corrected chi connectivity index (χ3v) is 6.44. The van der Waals surface area contributed by atoms with Crippen molar-refractivity contribution >= 4 is 35.8 Å². The van der Waals surface area contributed by atoms with E-state index in [9.17, 15) is 28.8 Å². The van der Waals surface area contributed by atoms with Gasteiger partial charge in [0.25, 0.3) is 0 Å². The molecule has 0 heterocycles. The maximum absolute atomic E-state index is 12.8. The number of rotatable bonds is 25. The zero-order valence-corrected chi connectivity index (χ0v) is 27.7. The van der Waals surface area contributed by atoms with E-state index in [1.165, 1.54) is 6.92 Å². The van der Waals surface area contributed by atoms with E-state index in [4.69, 9.17) is 28.4 Å². The van der Waals surface area contributed by atoms with Crippen LogP contribution in [-0.2, 0) is 57.2 Å². The van der Waals surface area contributed by atoms with Crippen LogP contribution in [0.25, 0.3) is 0 Å². The molecule has 0 rings (SSSR count). The minimum absolute atomic E-state index is 0.110. The van der Waals surface area contributed by atoms with Crippen molar-refractivity contribution in [3.05, 3.63) is 24.3 Å². The average Bonchev–Trinajstić information content (AvgIpc) is 3.00. The standard InChI is InChI=1S/C33H52O12/c1-8-12-16-40-28(34)20-26(32(38)42-18-14-10-3)24(6)30(36)44-22-23(5)45-31(37)25(7)27(33(39)43-19-15-11-4)21-29(35)41-17-13-9-2/h23,26-27H,6-22H2,1-5H3. The van der Waals surface area contributed by atoms with Crippen LogP contribution in [0.3, 0.4) is 0 Å². The van der Waals surface area contributed by atoms with Gasteiger partial charge in [-0.1, -0.05) is 66.5 Å². The van der Waals surface area contributed by atoms with E-state index in [2.05, 4.69) is 13.2 Å². The predicted molar refractivity (Wildman–Crippen MR) is 164 cm³/mol. The quantitative estimate of drug-likeness (QED) is 0.0572. The third kappa shape index (κ3) is 18.0. The van der Waals surface area contributed by atoms with Gasteiger partial charge in [0.1, 0.15) is 12.7 Å². The van der Waals surface area contributed by atoms with Crippen LogP contribution in [-0.4, -0.2) is 75.0 Å². The molecular formula is C33H52O12. The van der Waals surface area contributed by atoms with Crippen molar-refractivity contribution in [2.45, 2.75) is 105 Å². The second-order valence-electron chi connectivity index (χ2n) is 10.6. The van der Waals surface area contributed by atoms with Gasteiger partial charge in [-0.25, -0.2) is 9.59 Å². The molecule has 0 aliphatic heterocycles. The molecule has 0 saturated heterocycles. The minimum Gasteiger partial charge on any atom is -0.466 e. The summed E-state index contributed by atoms with van der Waals surface area (Å²) in [4.78, 5) is 75.6. The van der Waals surface area contributed by atoms with Gasteiger partial charge in [-0.15, -0.1) is 0 Å². The number of carbonyl (C=O) groups is 6. The summed E-state index contributed by atoms with van der Waals surface area (Å²) in [5.74, 6) is -7.63. The number of esters is 6. The van der Waals surface area contributed by atoms with Gasteiger partial charge in [-0.05, 0) is 32.6 Å². The van der Waals surface area contributed by atoms with Crippen LogP contribution in [0.15, 0.2) is 24.3 Å². The number of ether oxygens (including phenoxy) is 6. The van der Waals surface area contributed by atoms with E-state index in [1.54, 1.807) is 0 Å². The van der Waals surface area contributed by atoms with Crippen LogP contribution < -0.4 is 0 Å². The molecule has 0 aliphatic carbocycles. The zero-order chi connectivity index (χ0) is 34.2. The summed E-state index contributed by atoms with van der Waals surface area (Å²) in [5, 5.41) is 0. The molecule has 3 atom stereocenters. The molecule has 0 spiro atoms. The highest BCUT2D eigenvalue weighted by molar-refractivity contribution is 5.97. The van der Waals surface area contributed by atoms with Crippen LogP contribution >= 0.6 is 0 Å². The summed E-state index contributed by atoms with van der Waals surface area (Å²) < 4.78 is 31.2. The smallest absolute Gasteiger partial charge is 0.334 e. The lowest BCUT2D eigenvalue weighted by Gasteiger charge is -2.20. The molecule has 12 nitrogen and oxygen atoms in total. The predicted octanol–water partition coefficient (Wildman–Crippen LogP) is 4.96. The van der Waals surface area contributed by atoms with E-state index in [-0.39, 0.29) is 37.6 Å². The van der Waals surface area contributed by atoms with Crippen molar-refractivity contribution in [3.8, 4) is 0 Å². The molecule has 3 unspecified atom stereocenters. The summed E-state index contributed by atoms with van der Waals surface area (Å²) in [6.45, 7) is 16.6. The van der Waals surface area contributed by atoms with Crippen molar-refractivity contribution in [1.82, 2.24) is 0 Å². The van der Waals surface area contributed by atoms with Gasteiger partial charge in [0.05, 0.1) is 51.1 Å². The Balaban J connectivity index is 5.34. The molecule has 0 radical (unpaired) electrons. The van der Waals surface area contributed by atoms with E-state index in [1.807, 2.05) is 27.7 Å². The van der Waals surface area contributed by atoms with E-state index >= 15 is 0 Å². The van der Waals surface area contributed by atoms with Crippen molar-refractivity contribution in [1.29, 1.82) is 0 Å². The Kier molecular flexibility index (Phi) is 22.6. The van der Waals surface area contributed by atoms with Gasteiger partial charge in [0.2, 0.25) is 0 Å². The average molecular weight is 641 g/mol. The van der Waals surface area contributed by atoms with Crippen LogP contribution in [0.4, 0.5) is 0 Å². The Morgan fingerprint density at radius 2 is 0.889 bits per heavy atom. The van der Waals surface area contributed by atoms with Gasteiger partial charge in [-0.2, -0.15) is 0 Å². The fourth-order valence-electron chi connectivity index (χ4n) is 3.51. The monoisotopic (exact) mass is 640 g/mol. The first-order chi connectivity index (χ1) is 21.4. The SMILES string of the molecule is C=C(C(=O)OCC(C)OC(=O)C(=C)C(CC(=O)OCCCC)C(=O)OCCCC)C(CC(=O)OCCCC)C(=O)OCCCC. The molecule has 12 heteroatoms. The second kappa shape index (κ2) is 24.6. The van der Waals surface area contributed by atoms with Crippen molar-refractivity contribution < 1.29 is 57.2 Å². The summed E-state index contributed by atoms with van der Waals surface area (Å²) in [5.41, 5.74) is -0.633.